The van der Waals surface area contributed by atoms with Gasteiger partial charge in [-0.1, -0.05) is 13.3 Å². The summed E-state index contributed by atoms with van der Waals surface area (Å²) in [6, 6.07) is 0. The van der Waals surface area contributed by atoms with Gasteiger partial charge in [0.1, 0.15) is 6.10 Å². The molecule has 2 nitrogen and oxygen atoms in total. The molecular formula is C5H9O2. The molecule has 0 aromatic carbocycles. The summed E-state index contributed by atoms with van der Waals surface area (Å²) in [7, 11) is 0. The zero-order valence-corrected chi connectivity index (χ0v) is 4.39. The number of aldehydes is 1. The smallest absolute Gasteiger partial charge is 0.152 e. The van der Waals surface area contributed by atoms with Crippen molar-refractivity contribution in [2.24, 2.45) is 0 Å². The Hall–Kier alpha value is -0.370. The van der Waals surface area contributed by atoms with Crippen LogP contribution >= 0.6 is 0 Å². The average Bonchev–Trinajstić information content (AvgIpc) is 1.68. The minimum absolute atomic E-state index is 0.448. The molecule has 1 unspecified atom stereocenters. The molecule has 0 amide bonds. The summed E-state index contributed by atoms with van der Waals surface area (Å²) in [5, 5.41) is 10.1. The predicted molar refractivity (Wildman–Crippen MR) is 25.4 cm³/mol. The van der Waals surface area contributed by atoms with Gasteiger partial charge in [-0.25, -0.2) is 5.11 Å². The topological polar surface area (TPSA) is 37.0 Å². The van der Waals surface area contributed by atoms with Gasteiger partial charge in [-0.15, -0.1) is 0 Å². The first-order chi connectivity index (χ1) is 3.31. The van der Waals surface area contributed by atoms with Crippen LogP contribution in [0.1, 0.15) is 19.8 Å². The van der Waals surface area contributed by atoms with Gasteiger partial charge in [0.25, 0.3) is 0 Å². The molecule has 0 N–H and O–H groups in total. The summed E-state index contributed by atoms with van der Waals surface area (Å²) in [6.07, 6.45) is 0.741. The molecule has 0 aliphatic heterocycles. The van der Waals surface area contributed by atoms with Gasteiger partial charge in [-0.3, -0.25) is 0 Å². The largest absolute Gasteiger partial charge is 0.300 e. The maximum absolute atomic E-state index is 10.1. The molecule has 0 saturated heterocycles. The van der Waals surface area contributed by atoms with Crippen LogP contribution in [0.3, 0.4) is 0 Å². The summed E-state index contributed by atoms with van der Waals surface area (Å²) in [5.74, 6) is 0. The number of hydrogen-bond donors (Lipinski definition) is 0. The zero-order chi connectivity index (χ0) is 5.70. The lowest BCUT2D eigenvalue weighted by molar-refractivity contribution is -0.118. The van der Waals surface area contributed by atoms with Crippen molar-refractivity contribution in [2.75, 3.05) is 0 Å². The van der Waals surface area contributed by atoms with E-state index in [9.17, 15) is 9.90 Å². The summed E-state index contributed by atoms with van der Waals surface area (Å²) in [5.41, 5.74) is 0. The number of hydrogen-bond acceptors (Lipinski definition) is 1. The summed E-state index contributed by atoms with van der Waals surface area (Å²) >= 11 is 0. The van der Waals surface area contributed by atoms with E-state index in [4.69, 9.17) is 0 Å². The Labute approximate surface area is 43.2 Å². The standard InChI is InChI=1S/C5H9O2/c1-2-3-5(7)4-6/h4-5H,2-3H2,1H3. The zero-order valence-electron chi connectivity index (χ0n) is 4.39. The lowest BCUT2D eigenvalue weighted by atomic mass is 10.2. The second-order valence-corrected chi connectivity index (χ2v) is 1.46. The van der Waals surface area contributed by atoms with Gasteiger partial charge in [-0.2, -0.15) is 0 Å². The number of carbonyl (C=O) groups is 1. The molecule has 7 heavy (non-hydrogen) atoms. The van der Waals surface area contributed by atoms with Gasteiger partial charge >= 0.3 is 0 Å². The van der Waals surface area contributed by atoms with Gasteiger partial charge in [0.2, 0.25) is 0 Å². The highest BCUT2D eigenvalue weighted by molar-refractivity contribution is 5.55. The van der Waals surface area contributed by atoms with Gasteiger partial charge in [-0.05, 0) is 6.42 Å². The highest BCUT2D eigenvalue weighted by atomic mass is 16.3. The fraction of sp³-hybridized carbons (Fsp3) is 0.800. The normalized spacial score (nSPS) is 13.4. The van der Waals surface area contributed by atoms with E-state index in [2.05, 4.69) is 0 Å². The molecule has 0 bridgehead atoms. The number of rotatable bonds is 3. The first kappa shape index (κ1) is 6.63. The Kier molecular flexibility index (Phi) is 3.61. The number of carbonyl (C=O) groups excluding carboxylic acids is 1. The molecule has 1 radical (unpaired) electrons. The first-order valence-corrected chi connectivity index (χ1v) is 2.42. The van der Waals surface area contributed by atoms with Crippen molar-refractivity contribution >= 4 is 6.29 Å². The van der Waals surface area contributed by atoms with Crippen molar-refractivity contribution < 1.29 is 9.90 Å². The van der Waals surface area contributed by atoms with E-state index < -0.39 is 6.10 Å². The predicted octanol–water partition coefficient (Wildman–Crippen LogP) is 0.784. The van der Waals surface area contributed by atoms with Crippen LogP contribution in [-0.2, 0) is 9.90 Å². The second kappa shape index (κ2) is 3.81. The molecule has 0 aromatic heterocycles. The van der Waals surface area contributed by atoms with Crippen molar-refractivity contribution in [1.82, 2.24) is 0 Å². The molecule has 0 saturated carbocycles. The molecule has 0 aromatic rings. The third kappa shape index (κ3) is 3.46. The molecule has 0 aliphatic rings. The Bertz CT molecular complexity index is 52.0. The molecule has 0 heterocycles. The van der Waals surface area contributed by atoms with E-state index >= 15 is 0 Å². The average molecular weight is 101 g/mol. The molecule has 0 rings (SSSR count). The van der Waals surface area contributed by atoms with Crippen molar-refractivity contribution in [3.8, 4) is 0 Å². The van der Waals surface area contributed by atoms with E-state index in [0.29, 0.717) is 12.7 Å². The third-order valence-electron chi connectivity index (χ3n) is 0.725. The van der Waals surface area contributed by atoms with E-state index in [1.165, 1.54) is 0 Å². The van der Waals surface area contributed by atoms with E-state index in [1.54, 1.807) is 0 Å². The van der Waals surface area contributed by atoms with Crippen LogP contribution in [0.25, 0.3) is 0 Å². The maximum Gasteiger partial charge on any atom is 0.152 e. The Balaban J connectivity index is 2.98. The molecular weight excluding hydrogens is 92.1 g/mol. The molecule has 41 valence electrons. The van der Waals surface area contributed by atoms with Crippen LogP contribution in [-0.4, -0.2) is 12.4 Å². The minimum atomic E-state index is -0.981. The van der Waals surface area contributed by atoms with Gasteiger partial charge < -0.3 is 4.79 Å². The van der Waals surface area contributed by atoms with E-state index in [0.717, 1.165) is 6.42 Å². The molecule has 1 atom stereocenters. The Morgan fingerprint density at radius 2 is 2.29 bits per heavy atom. The third-order valence-corrected chi connectivity index (χ3v) is 0.725. The highest BCUT2D eigenvalue weighted by Gasteiger charge is 1.98. The molecule has 0 fully saturated rings. The van der Waals surface area contributed by atoms with Crippen LogP contribution in [0.5, 0.6) is 0 Å². The molecule has 0 spiro atoms. The van der Waals surface area contributed by atoms with E-state index in [-0.39, 0.29) is 0 Å². The van der Waals surface area contributed by atoms with E-state index in [1.807, 2.05) is 6.92 Å². The van der Waals surface area contributed by atoms with Crippen LogP contribution in [0.4, 0.5) is 0 Å². The quantitative estimate of drug-likeness (QED) is 0.484. The van der Waals surface area contributed by atoms with Gasteiger partial charge in [0, 0.05) is 0 Å². The van der Waals surface area contributed by atoms with Crippen LogP contribution in [0, 0.1) is 0 Å². The molecule has 0 aliphatic carbocycles. The van der Waals surface area contributed by atoms with Crippen LogP contribution in [0.15, 0.2) is 0 Å². The summed E-state index contributed by atoms with van der Waals surface area (Å²) < 4.78 is 0. The summed E-state index contributed by atoms with van der Waals surface area (Å²) in [4.78, 5) is 9.58. The van der Waals surface area contributed by atoms with Crippen molar-refractivity contribution in [1.29, 1.82) is 0 Å². The van der Waals surface area contributed by atoms with Gasteiger partial charge in [0.05, 0.1) is 0 Å². The summed E-state index contributed by atoms with van der Waals surface area (Å²) in [6.45, 7) is 1.88. The minimum Gasteiger partial charge on any atom is -0.300 e. The maximum atomic E-state index is 10.1. The highest BCUT2D eigenvalue weighted by Crippen LogP contribution is 1.90. The SMILES string of the molecule is CCCC([O])C=O. The van der Waals surface area contributed by atoms with Crippen LogP contribution < -0.4 is 0 Å². The lowest BCUT2D eigenvalue weighted by Crippen LogP contribution is -2.03. The second-order valence-electron chi connectivity index (χ2n) is 1.46. The fourth-order valence-electron chi connectivity index (χ4n) is 0.353. The Morgan fingerprint density at radius 1 is 1.71 bits per heavy atom. The van der Waals surface area contributed by atoms with Crippen molar-refractivity contribution in [2.45, 2.75) is 25.9 Å². The fourth-order valence-corrected chi connectivity index (χ4v) is 0.353. The lowest BCUT2D eigenvalue weighted by Gasteiger charge is -1.91. The van der Waals surface area contributed by atoms with Crippen LogP contribution in [0.2, 0.25) is 0 Å². The molecule has 2 heteroatoms. The van der Waals surface area contributed by atoms with Crippen molar-refractivity contribution in [3.05, 3.63) is 0 Å². The van der Waals surface area contributed by atoms with Gasteiger partial charge in [0.15, 0.2) is 6.29 Å². The first-order valence-electron chi connectivity index (χ1n) is 2.42. The Morgan fingerprint density at radius 3 is 2.43 bits per heavy atom. The monoisotopic (exact) mass is 101 g/mol. The van der Waals surface area contributed by atoms with Crippen molar-refractivity contribution in [3.63, 3.8) is 0 Å².